The van der Waals surface area contributed by atoms with Gasteiger partial charge in [-0.25, -0.2) is 4.39 Å². The van der Waals surface area contributed by atoms with Gasteiger partial charge in [-0.15, -0.1) is 0 Å². The van der Waals surface area contributed by atoms with Crippen molar-refractivity contribution >= 4 is 0 Å². The van der Waals surface area contributed by atoms with Crippen molar-refractivity contribution in [1.29, 1.82) is 5.26 Å². The Morgan fingerprint density at radius 2 is 2.31 bits per heavy atom. The van der Waals surface area contributed by atoms with Gasteiger partial charge in [0, 0.05) is 6.04 Å². The van der Waals surface area contributed by atoms with Gasteiger partial charge in [-0.2, -0.15) is 5.26 Å². The van der Waals surface area contributed by atoms with E-state index in [0.29, 0.717) is 0 Å². The molecule has 0 saturated heterocycles. The predicted octanol–water partition coefficient (Wildman–Crippen LogP) is 2.11. The van der Waals surface area contributed by atoms with Crippen molar-refractivity contribution in [1.82, 2.24) is 0 Å². The number of halogens is 1. The summed E-state index contributed by atoms with van der Waals surface area (Å²) >= 11 is 0. The average molecular weight is 178 g/mol. The summed E-state index contributed by atoms with van der Waals surface area (Å²) in [6.45, 7) is 1.93. The Morgan fingerprint density at radius 3 is 2.77 bits per heavy atom. The molecular formula is C10H11FN2. The summed E-state index contributed by atoms with van der Waals surface area (Å²) in [6.07, 6.45) is 0.755. The normalized spacial score (nSPS) is 12.2. The molecule has 1 aromatic carbocycles. The Labute approximate surface area is 76.8 Å². The molecule has 0 aliphatic heterocycles. The smallest absolute Gasteiger partial charge is 0.141 e. The lowest BCUT2D eigenvalue weighted by molar-refractivity contribution is 0.613. The topological polar surface area (TPSA) is 49.8 Å². The van der Waals surface area contributed by atoms with Crippen molar-refractivity contribution in [3.05, 3.63) is 35.1 Å². The van der Waals surface area contributed by atoms with Crippen LogP contribution in [-0.2, 0) is 0 Å². The van der Waals surface area contributed by atoms with Gasteiger partial charge in [0.1, 0.15) is 11.9 Å². The second-order valence-corrected chi connectivity index (χ2v) is 2.87. The van der Waals surface area contributed by atoms with E-state index in [1.54, 1.807) is 12.1 Å². The predicted molar refractivity (Wildman–Crippen MR) is 48.3 cm³/mol. The molecule has 3 heteroatoms. The molecule has 1 aromatic rings. The molecule has 0 amide bonds. The first-order chi connectivity index (χ1) is 6.19. The van der Waals surface area contributed by atoms with E-state index in [-0.39, 0.29) is 11.6 Å². The number of nitrogens with zero attached hydrogens (tertiary/aromatic N) is 1. The third-order valence-electron chi connectivity index (χ3n) is 1.98. The van der Waals surface area contributed by atoms with Crippen LogP contribution in [0.15, 0.2) is 18.2 Å². The van der Waals surface area contributed by atoms with Crippen LogP contribution in [0, 0.1) is 17.1 Å². The summed E-state index contributed by atoms with van der Waals surface area (Å²) in [5.41, 5.74) is 6.50. The van der Waals surface area contributed by atoms with E-state index in [2.05, 4.69) is 0 Å². The van der Waals surface area contributed by atoms with Gasteiger partial charge in [0.2, 0.25) is 0 Å². The Hall–Kier alpha value is -1.40. The third kappa shape index (κ3) is 2.04. The largest absolute Gasteiger partial charge is 0.324 e. The van der Waals surface area contributed by atoms with Crippen molar-refractivity contribution in [2.75, 3.05) is 0 Å². The van der Waals surface area contributed by atoms with Crippen LogP contribution >= 0.6 is 0 Å². The quantitative estimate of drug-likeness (QED) is 0.754. The molecule has 0 bridgehead atoms. The van der Waals surface area contributed by atoms with E-state index >= 15 is 0 Å². The molecule has 0 unspecified atom stereocenters. The zero-order valence-electron chi connectivity index (χ0n) is 7.42. The van der Waals surface area contributed by atoms with E-state index < -0.39 is 5.82 Å². The molecule has 68 valence electrons. The van der Waals surface area contributed by atoms with E-state index in [9.17, 15) is 4.39 Å². The molecular weight excluding hydrogens is 167 g/mol. The summed E-state index contributed by atoms with van der Waals surface area (Å²) < 4.78 is 13.1. The molecule has 0 spiro atoms. The van der Waals surface area contributed by atoms with Gasteiger partial charge in [-0.3, -0.25) is 0 Å². The summed E-state index contributed by atoms with van der Waals surface area (Å²) in [7, 11) is 0. The molecule has 1 atom stereocenters. The second-order valence-electron chi connectivity index (χ2n) is 2.87. The van der Waals surface area contributed by atoms with E-state index in [1.807, 2.05) is 6.92 Å². The third-order valence-corrected chi connectivity index (χ3v) is 1.98. The maximum Gasteiger partial charge on any atom is 0.141 e. The summed E-state index contributed by atoms with van der Waals surface area (Å²) in [6, 6.07) is 6.09. The Balaban J connectivity index is 3.04. The molecule has 0 aromatic heterocycles. The lowest BCUT2D eigenvalue weighted by atomic mass is 10.0. The van der Waals surface area contributed by atoms with Crippen molar-refractivity contribution in [3.8, 4) is 6.07 Å². The Morgan fingerprint density at radius 1 is 1.62 bits per heavy atom. The van der Waals surface area contributed by atoms with Crippen molar-refractivity contribution < 1.29 is 4.39 Å². The standard InChI is InChI=1S/C10H11FN2/c1-2-10(13)7-3-4-8(6-12)9(11)5-7/h3-5,10H,2,13H2,1H3/t10-/m1/s1. The van der Waals surface area contributed by atoms with Crippen molar-refractivity contribution in [3.63, 3.8) is 0 Å². The number of rotatable bonds is 2. The second kappa shape index (κ2) is 4.01. The fraction of sp³-hybridized carbons (Fsp3) is 0.300. The highest BCUT2D eigenvalue weighted by molar-refractivity contribution is 5.34. The molecule has 0 heterocycles. The minimum Gasteiger partial charge on any atom is -0.324 e. The zero-order chi connectivity index (χ0) is 9.84. The number of hydrogen-bond donors (Lipinski definition) is 1. The Bertz CT molecular complexity index is 341. The number of nitrogens with two attached hydrogens (primary N) is 1. The van der Waals surface area contributed by atoms with Crippen LogP contribution in [0.3, 0.4) is 0 Å². The van der Waals surface area contributed by atoms with E-state index in [1.165, 1.54) is 12.1 Å². The van der Waals surface area contributed by atoms with Crippen LogP contribution in [0.5, 0.6) is 0 Å². The van der Waals surface area contributed by atoms with Gasteiger partial charge < -0.3 is 5.73 Å². The number of hydrogen-bond acceptors (Lipinski definition) is 2. The summed E-state index contributed by atoms with van der Waals surface area (Å²) in [4.78, 5) is 0. The molecule has 2 nitrogen and oxygen atoms in total. The fourth-order valence-corrected chi connectivity index (χ4v) is 1.09. The molecule has 0 aliphatic carbocycles. The molecule has 0 radical (unpaired) electrons. The maximum atomic E-state index is 13.1. The van der Waals surface area contributed by atoms with Crippen LogP contribution in [0.1, 0.15) is 30.5 Å². The highest BCUT2D eigenvalue weighted by Gasteiger charge is 2.07. The SMILES string of the molecule is CC[C@@H](N)c1ccc(C#N)c(F)c1. The molecule has 0 aliphatic rings. The first kappa shape index (κ1) is 9.69. The first-order valence-corrected chi connectivity index (χ1v) is 4.14. The van der Waals surface area contributed by atoms with Gasteiger partial charge in [-0.05, 0) is 24.1 Å². The van der Waals surface area contributed by atoms with Gasteiger partial charge in [0.15, 0.2) is 0 Å². The van der Waals surface area contributed by atoms with Gasteiger partial charge in [-0.1, -0.05) is 13.0 Å². The molecule has 0 saturated carbocycles. The lowest BCUT2D eigenvalue weighted by Crippen LogP contribution is -2.08. The molecule has 1 rings (SSSR count). The number of nitriles is 1. The van der Waals surface area contributed by atoms with Crippen LogP contribution < -0.4 is 5.73 Å². The fourth-order valence-electron chi connectivity index (χ4n) is 1.09. The number of benzene rings is 1. The maximum absolute atomic E-state index is 13.1. The van der Waals surface area contributed by atoms with Gasteiger partial charge >= 0.3 is 0 Å². The van der Waals surface area contributed by atoms with Crippen molar-refractivity contribution in [2.24, 2.45) is 5.73 Å². The van der Waals surface area contributed by atoms with Crippen molar-refractivity contribution in [2.45, 2.75) is 19.4 Å². The van der Waals surface area contributed by atoms with Crippen LogP contribution in [-0.4, -0.2) is 0 Å². The van der Waals surface area contributed by atoms with Crippen LogP contribution in [0.2, 0.25) is 0 Å². The van der Waals surface area contributed by atoms with Crippen LogP contribution in [0.25, 0.3) is 0 Å². The van der Waals surface area contributed by atoms with Gasteiger partial charge in [0.25, 0.3) is 0 Å². The molecule has 0 fully saturated rings. The zero-order valence-corrected chi connectivity index (χ0v) is 7.42. The highest BCUT2D eigenvalue weighted by atomic mass is 19.1. The minimum absolute atomic E-state index is 0.0621. The first-order valence-electron chi connectivity index (χ1n) is 4.14. The lowest BCUT2D eigenvalue weighted by Gasteiger charge is -2.08. The highest BCUT2D eigenvalue weighted by Crippen LogP contribution is 2.16. The minimum atomic E-state index is -0.496. The average Bonchev–Trinajstić information content (AvgIpc) is 2.16. The van der Waals surface area contributed by atoms with E-state index in [4.69, 9.17) is 11.0 Å². The van der Waals surface area contributed by atoms with Gasteiger partial charge in [0.05, 0.1) is 5.56 Å². The summed E-state index contributed by atoms with van der Waals surface area (Å²) in [5, 5.41) is 8.48. The Kier molecular flexibility index (Phi) is 2.99. The van der Waals surface area contributed by atoms with E-state index in [0.717, 1.165) is 12.0 Å². The van der Waals surface area contributed by atoms with Crippen LogP contribution in [0.4, 0.5) is 4.39 Å². The molecule has 13 heavy (non-hydrogen) atoms. The molecule has 2 N–H and O–H groups in total. The summed E-state index contributed by atoms with van der Waals surface area (Å²) in [5.74, 6) is -0.496. The monoisotopic (exact) mass is 178 g/mol.